The number of carbonyl (C=O) groups excluding carboxylic acids is 1. The minimum Gasteiger partial charge on any atom is -0.490 e. The van der Waals surface area contributed by atoms with Crippen molar-refractivity contribution < 1.29 is 28.5 Å². The van der Waals surface area contributed by atoms with Crippen molar-refractivity contribution in [2.45, 2.75) is 51.5 Å². The fourth-order valence-electron chi connectivity index (χ4n) is 4.79. The third-order valence-electron chi connectivity index (χ3n) is 7.04. The largest absolute Gasteiger partial charge is 0.490 e. The van der Waals surface area contributed by atoms with Gasteiger partial charge in [0.15, 0.2) is 12.2 Å². The Morgan fingerprint density at radius 3 is 2.71 bits per heavy atom. The molecular weight excluding hydrogens is 486 g/mol. The molecule has 3 aromatic rings. The molecule has 1 amide bonds. The zero-order valence-corrected chi connectivity index (χ0v) is 21.7. The molecular formula is C29H35N3O6. The molecule has 202 valence electrons. The van der Waals surface area contributed by atoms with Gasteiger partial charge in [0.05, 0.1) is 25.0 Å². The molecule has 9 nitrogen and oxygen atoms in total. The van der Waals surface area contributed by atoms with Gasteiger partial charge >= 0.3 is 0 Å². The molecule has 9 heteroatoms. The van der Waals surface area contributed by atoms with Gasteiger partial charge in [-0.3, -0.25) is 9.69 Å². The van der Waals surface area contributed by atoms with E-state index in [2.05, 4.69) is 27.3 Å². The van der Waals surface area contributed by atoms with E-state index >= 15 is 0 Å². The average Bonchev–Trinajstić information content (AvgIpc) is 3.36. The van der Waals surface area contributed by atoms with Crippen LogP contribution < -0.4 is 14.8 Å². The van der Waals surface area contributed by atoms with Crippen LogP contribution in [0.1, 0.15) is 45.8 Å². The number of benzene rings is 2. The Morgan fingerprint density at radius 1 is 1.16 bits per heavy atom. The van der Waals surface area contributed by atoms with Crippen LogP contribution in [0.4, 0.5) is 0 Å². The third kappa shape index (κ3) is 6.92. The highest BCUT2D eigenvalue weighted by atomic mass is 16.5. The van der Waals surface area contributed by atoms with Gasteiger partial charge in [0, 0.05) is 44.6 Å². The van der Waals surface area contributed by atoms with Crippen molar-refractivity contribution in [3.05, 3.63) is 77.0 Å². The van der Waals surface area contributed by atoms with E-state index in [0.717, 1.165) is 68.5 Å². The van der Waals surface area contributed by atoms with E-state index in [9.17, 15) is 9.90 Å². The molecule has 0 spiro atoms. The van der Waals surface area contributed by atoms with E-state index < -0.39 is 6.10 Å². The summed E-state index contributed by atoms with van der Waals surface area (Å²) in [6.45, 7) is 5.94. The van der Waals surface area contributed by atoms with Gasteiger partial charge in [-0.1, -0.05) is 6.07 Å². The molecule has 0 aliphatic carbocycles. The summed E-state index contributed by atoms with van der Waals surface area (Å²) in [5.74, 6) is 2.08. The number of aromatic nitrogens is 1. The maximum Gasteiger partial charge on any atom is 0.251 e. The van der Waals surface area contributed by atoms with Gasteiger partial charge in [-0.2, -0.15) is 0 Å². The van der Waals surface area contributed by atoms with Gasteiger partial charge in [0.2, 0.25) is 0 Å². The van der Waals surface area contributed by atoms with Crippen molar-refractivity contribution in [2.24, 2.45) is 0 Å². The second-order valence-corrected chi connectivity index (χ2v) is 9.88. The second-order valence-electron chi connectivity index (χ2n) is 9.88. The van der Waals surface area contributed by atoms with Crippen LogP contribution in [0, 0.1) is 6.92 Å². The van der Waals surface area contributed by atoms with Gasteiger partial charge in [-0.05, 0) is 60.9 Å². The first-order valence-electron chi connectivity index (χ1n) is 13.2. The molecule has 3 heterocycles. The van der Waals surface area contributed by atoms with Crippen molar-refractivity contribution >= 4 is 5.91 Å². The summed E-state index contributed by atoms with van der Waals surface area (Å²) in [6, 6.07) is 13.3. The quantitative estimate of drug-likeness (QED) is 0.419. The summed E-state index contributed by atoms with van der Waals surface area (Å²) in [5.41, 5.74) is 3.85. The van der Waals surface area contributed by atoms with Crippen LogP contribution in [0.3, 0.4) is 0 Å². The van der Waals surface area contributed by atoms with Crippen molar-refractivity contribution in [1.82, 2.24) is 15.2 Å². The number of nitrogens with one attached hydrogen (secondary N) is 1. The minimum atomic E-state index is -0.663. The number of rotatable bonds is 10. The van der Waals surface area contributed by atoms with E-state index in [1.807, 2.05) is 25.1 Å². The van der Waals surface area contributed by atoms with Crippen molar-refractivity contribution in [3.63, 3.8) is 0 Å². The lowest BCUT2D eigenvalue weighted by Crippen LogP contribution is -2.42. The van der Waals surface area contributed by atoms with Crippen LogP contribution in [0.2, 0.25) is 0 Å². The predicted octanol–water partition coefficient (Wildman–Crippen LogP) is 3.27. The zero-order valence-electron chi connectivity index (χ0n) is 21.7. The van der Waals surface area contributed by atoms with Gasteiger partial charge in [0.25, 0.3) is 5.91 Å². The van der Waals surface area contributed by atoms with E-state index in [4.69, 9.17) is 18.6 Å². The van der Waals surface area contributed by atoms with Crippen LogP contribution in [0.5, 0.6) is 11.5 Å². The van der Waals surface area contributed by atoms with Crippen LogP contribution >= 0.6 is 0 Å². The first-order chi connectivity index (χ1) is 18.5. The van der Waals surface area contributed by atoms with E-state index in [1.165, 1.54) is 17.5 Å². The van der Waals surface area contributed by atoms with Crippen molar-refractivity contribution in [3.8, 4) is 11.5 Å². The van der Waals surface area contributed by atoms with Crippen LogP contribution in [0.25, 0.3) is 0 Å². The molecule has 0 radical (unpaired) electrons. The molecule has 1 aromatic heterocycles. The summed E-state index contributed by atoms with van der Waals surface area (Å²) < 4.78 is 22.5. The maximum absolute atomic E-state index is 12.6. The predicted molar refractivity (Wildman–Crippen MR) is 140 cm³/mol. The molecule has 1 fully saturated rings. The standard InChI is InChI=1S/C29H35N3O6/c1-20-28(37-19-31-20)18-36-27-7-4-23-16-32(11-8-22(23)14-27)17-24(33)15-30-29(34)21-2-5-25(6-3-21)38-26-9-12-35-13-10-26/h2-7,14,19,24,26,33H,8-13,15-18H2,1H3,(H,30,34)/t24-/m0/s1. The third-order valence-corrected chi connectivity index (χ3v) is 7.04. The molecule has 2 aliphatic rings. The molecule has 2 aromatic carbocycles. The number of aryl methyl sites for hydroxylation is 1. The first kappa shape index (κ1) is 26.2. The van der Waals surface area contributed by atoms with Gasteiger partial charge in [-0.25, -0.2) is 4.98 Å². The monoisotopic (exact) mass is 521 g/mol. The highest BCUT2D eigenvalue weighted by Gasteiger charge is 2.20. The van der Waals surface area contributed by atoms with Crippen LogP contribution in [0.15, 0.2) is 53.3 Å². The summed E-state index contributed by atoms with van der Waals surface area (Å²) >= 11 is 0. The fourth-order valence-corrected chi connectivity index (χ4v) is 4.79. The first-order valence-corrected chi connectivity index (χ1v) is 13.2. The van der Waals surface area contributed by atoms with E-state index in [1.54, 1.807) is 12.1 Å². The normalized spacial score (nSPS) is 17.0. The smallest absolute Gasteiger partial charge is 0.251 e. The lowest BCUT2D eigenvalue weighted by atomic mass is 9.99. The fraction of sp³-hybridized carbons (Fsp3) is 0.448. The number of amides is 1. The zero-order chi connectivity index (χ0) is 26.3. The van der Waals surface area contributed by atoms with Crippen molar-refractivity contribution in [2.75, 3.05) is 32.8 Å². The van der Waals surface area contributed by atoms with E-state index in [0.29, 0.717) is 18.7 Å². The number of aliphatic hydroxyl groups is 1. The summed E-state index contributed by atoms with van der Waals surface area (Å²) in [7, 11) is 0. The second kappa shape index (κ2) is 12.4. The highest BCUT2D eigenvalue weighted by molar-refractivity contribution is 5.94. The number of carbonyl (C=O) groups is 1. The average molecular weight is 522 g/mol. The van der Waals surface area contributed by atoms with Crippen molar-refractivity contribution in [1.29, 1.82) is 0 Å². The molecule has 1 atom stereocenters. The van der Waals surface area contributed by atoms with E-state index in [-0.39, 0.29) is 18.6 Å². The number of fused-ring (bicyclic) bond motifs is 1. The molecule has 0 saturated carbocycles. The SMILES string of the molecule is Cc1ncoc1COc1ccc2c(c1)CCN(C[C@@H](O)CNC(=O)c1ccc(OC3CCOCC3)cc1)C2. The van der Waals surface area contributed by atoms with Crippen LogP contribution in [-0.4, -0.2) is 66.0 Å². The number of hydrogen-bond donors (Lipinski definition) is 2. The lowest BCUT2D eigenvalue weighted by Gasteiger charge is -2.30. The summed E-state index contributed by atoms with van der Waals surface area (Å²) in [4.78, 5) is 18.9. The number of hydrogen-bond acceptors (Lipinski definition) is 8. The molecule has 0 bridgehead atoms. The number of oxazole rings is 1. The number of aliphatic hydroxyl groups excluding tert-OH is 1. The lowest BCUT2D eigenvalue weighted by molar-refractivity contribution is 0.0255. The number of nitrogens with zero attached hydrogens (tertiary/aromatic N) is 2. The Labute approximate surface area is 222 Å². The highest BCUT2D eigenvalue weighted by Crippen LogP contribution is 2.25. The number of β-amino-alcohol motifs (C(OH)–C–C–N with tert-alkyl or cyclic N) is 1. The molecule has 1 saturated heterocycles. The molecule has 0 unspecified atom stereocenters. The Hall–Kier alpha value is -3.40. The minimum absolute atomic E-state index is 0.158. The van der Waals surface area contributed by atoms with Gasteiger partial charge in [0.1, 0.15) is 24.2 Å². The van der Waals surface area contributed by atoms with Gasteiger partial charge < -0.3 is 29.1 Å². The molecule has 2 N–H and O–H groups in total. The Balaban J connectivity index is 1.05. The molecule has 2 aliphatic heterocycles. The topological polar surface area (TPSA) is 106 Å². The Morgan fingerprint density at radius 2 is 1.95 bits per heavy atom. The molecule has 38 heavy (non-hydrogen) atoms. The molecule has 5 rings (SSSR count). The summed E-state index contributed by atoms with van der Waals surface area (Å²) in [5, 5.41) is 13.4. The maximum atomic E-state index is 12.6. The Kier molecular flexibility index (Phi) is 8.58. The Bertz CT molecular complexity index is 1210. The van der Waals surface area contributed by atoms with Crippen LogP contribution in [-0.2, 0) is 24.3 Å². The van der Waals surface area contributed by atoms with Gasteiger partial charge in [-0.15, -0.1) is 0 Å². The summed E-state index contributed by atoms with van der Waals surface area (Å²) in [6.07, 6.45) is 3.55. The number of ether oxygens (including phenoxy) is 3.